The molecule has 0 unspecified atom stereocenters. The van der Waals surface area contributed by atoms with E-state index >= 15 is 0 Å². The zero-order valence-corrected chi connectivity index (χ0v) is 20.9. The molecule has 8 nitrogen and oxygen atoms in total. The Kier molecular flexibility index (Phi) is 8.01. The molecule has 0 bridgehead atoms. The van der Waals surface area contributed by atoms with Crippen molar-refractivity contribution < 1.29 is 18.7 Å². The van der Waals surface area contributed by atoms with Gasteiger partial charge >= 0.3 is 6.09 Å². The van der Waals surface area contributed by atoms with Crippen LogP contribution in [0.4, 0.5) is 4.79 Å². The molecular formula is C25H30N4O4S. The van der Waals surface area contributed by atoms with Gasteiger partial charge in [0.15, 0.2) is 0 Å². The van der Waals surface area contributed by atoms with Gasteiger partial charge < -0.3 is 24.9 Å². The topological polar surface area (TPSA) is 112 Å². The van der Waals surface area contributed by atoms with E-state index in [0.29, 0.717) is 47.5 Å². The van der Waals surface area contributed by atoms with Crippen LogP contribution in [0.2, 0.25) is 0 Å². The number of carbonyl (C=O) groups excluding carboxylic acids is 1. The van der Waals surface area contributed by atoms with Crippen LogP contribution < -0.4 is 11.1 Å². The van der Waals surface area contributed by atoms with Crippen LogP contribution in [0.15, 0.2) is 46.9 Å². The van der Waals surface area contributed by atoms with E-state index < -0.39 is 17.7 Å². The number of hydrogen-bond acceptors (Lipinski definition) is 7. The molecule has 1 aromatic carbocycles. The Balaban J connectivity index is 1.80. The SMILES string of the molecule is Cc1oc([C@H](C)NC(=O)OC(C)(C)C)nc1-c1nc(COCc2ccccc2)ccc1C(N)=S. The van der Waals surface area contributed by atoms with Gasteiger partial charge in [-0.2, -0.15) is 0 Å². The van der Waals surface area contributed by atoms with Crippen LogP contribution in [-0.2, 0) is 22.7 Å². The zero-order valence-electron chi connectivity index (χ0n) is 20.0. The molecule has 3 aromatic rings. The van der Waals surface area contributed by atoms with Gasteiger partial charge in [-0.15, -0.1) is 0 Å². The largest absolute Gasteiger partial charge is 0.444 e. The van der Waals surface area contributed by atoms with Crippen LogP contribution in [0, 0.1) is 6.92 Å². The summed E-state index contributed by atoms with van der Waals surface area (Å²) in [4.78, 5) is 21.6. The van der Waals surface area contributed by atoms with E-state index in [1.54, 1.807) is 34.6 Å². The van der Waals surface area contributed by atoms with Gasteiger partial charge in [-0.3, -0.25) is 0 Å². The number of alkyl carbamates (subject to hydrolysis) is 1. The Morgan fingerprint density at radius 1 is 1.12 bits per heavy atom. The highest BCUT2D eigenvalue weighted by molar-refractivity contribution is 7.80. The number of benzene rings is 1. The molecule has 2 aromatic heterocycles. The Bertz CT molecular complexity index is 1160. The third-order valence-corrected chi connectivity index (χ3v) is 4.94. The van der Waals surface area contributed by atoms with Crippen molar-refractivity contribution in [3.63, 3.8) is 0 Å². The van der Waals surface area contributed by atoms with Crippen molar-refractivity contribution in [1.82, 2.24) is 15.3 Å². The third kappa shape index (κ3) is 6.85. The molecule has 180 valence electrons. The number of oxazole rings is 1. The highest BCUT2D eigenvalue weighted by atomic mass is 32.1. The van der Waals surface area contributed by atoms with Crippen molar-refractivity contribution in [3.05, 3.63) is 70.9 Å². The monoisotopic (exact) mass is 482 g/mol. The molecule has 0 aliphatic heterocycles. The van der Waals surface area contributed by atoms with Crippen LogP contribution in [0.25, 0.3) is 11.4 Å². The van der Waals surface area contributed by atoms with E-state index in [-0.39, 0.29) is 4.99 Å². The molecule has 3 N–H and O–H groups in total. The fraction of sp³-hybridized carbons (Fsp3) is 0.360. The molecule has 34 heavy (non-hydrogen) atoms. The number of rotatable bonds is 8. The van der Waals surface area contributed by atoms with Crippen molar-refractivity contribution in [2.45, 2.75) is 59.5 Å². The highest BCUT2D eigenvalue weighted by Crippen LogP contribution is 2.28. The summed E-state index contributed by atoms with van der Waals surface area (Å²) < 4.78 is 17.0. The first-order valence-corrected chi connectivity index (χ1v) is 11.3. The van der Waals surface area contributed by atoms with Crippen molar-refractivity contribution in [3.8, 4) is 11.4 Å². The van der Waals surface area contributed by atoms with E-state index in [0.717, 1.165) is 5.56 Å². The van der Waals surface area contributed by atoms with Gasteiger partial charge in [-0.25, -0.2) is 14.8 Å². The first-order chi connectivity index (χ1) is 16.0. The van der Waals surface area contributed by atoms with Crippen molar-refractivity contribution in [2.24, 2.45) is 5.73 Å². The van der Waals surface area contributed by atoms with Crippen LogP contribution in [-0.4, -0.2) is 26.7 Å². The van der Waals surface area contributed by atoms with E-state index in [4.69, 9.17) is 36.8 Å². The van der Waals surface area contributed by atoms with E-state index in [1.807, 2.05) is 42.5 Å². The molecule has 0 spiro atoms. The predicted octanol–water partition coefficient (Wildman–Crippen LogP) is 4.98. The molecule has 0 aliphatic carbocycles. The second kappa shape index (κ2) is 10.8. The number of carbonyl (C=O) groups is 1. The maximum absolute atomic E-state index is 12.1. The average Bonchev–Trinajstić information content (AvgIpc) is 3.14. The number of pyridine rings is 1. The summed E-state index contributed by atoms with van der Waals surface area (Å²) >= 11 is 5.23. The second-order valence-corrected chi connectivity index (χ2v) is 9.31. The number of hydrogen-bond donors (Lipinski definition) is 2. The zero-order chi connectivity index (χ0) is 24.9. The highest BCUT2D eigenvalue weighted by Gasteiger charge is 2.24. The van der Waals surface area contributed by atoms with Crippen LogP contribution in [0.1, 0.15) is 62.2 Å². The summed E-state index contributed by atoms with van der Waals surface area (Å²) in [7, 11) is 0. The van der Waals surface area contributed by atoms with Gasteiger partial charge in [0.2, 0.25) is 5.89 Å². The molecule has 1 amide bonds. The quantitative estimate of drug-likeness (QED) is 0.432. The Morgan fingerprint density at radius 2 is 1.82 bits per heavy atom. The molecule has 0 saturated carbocycles. The number of ether oxygens (including phenoxy) is 2. The fourth-order valence-corrected chi connectivity index (χ4v) is 3.34. The summed E-state index contributed by atoms with van der Waals surface area (Å²) in [6.45, 7) is 9.69. The van der Waals surface area contributed by atoms with E-state index in [9.17, 15) is 4.79 Å². The third-order valence-electron chi connectivity index (χ3n) is 4.72. The molecule has 1 atom stereocenters. The number of aromatic nitrogens is 2. The van der Waals surface area contributed by atoms with E-state index in [2.05, 4.69) is 10.3 Å². The fourth-order valence-electron chi connectivity index (χ4n) is 3.17. The molecular weight excluding hydrogens is 452 g/mol. The summed E-state index contributed by atoms with van der Waals surface area (Å²) in [6, 6.07) is 13.0. The molecule has 3 rings (SSSR count). The molecule has 0 radical (unpaired) electrons. The lowest BCUT2D eigenvalue weighted by Gasteiger charge is -2.21. The summed E-state index contributed by atoms with van der Waals surface area (Å²) in [5, 5.41) is 2.73. The second-order valence-electron chi connectivity index (χ2n) is 8.87. The Labute approximate surface area is 204 Å². The van der Waals surface area contributed by atoms with Gasteiger partial charge in [-0.05, 0) is 52.3 Å². The lowest BCUT2D eigenvalue weighted by molar-refractivity contribution is 0.0500. The number of nitrogens with zero attached hydrogens (tertiary/aromatic N) is 2. The van der Waals surface area contributed by atoms with E-state index in [1.165, 1.54) is 0 Å². The van der Waals surface area contributed by atoms with Gasteiger partial charge in [0.25, 0.3) is 0 Å². The van der Waals surface area contributed by atoms with Crippen LogP contribution in [0.5, 0.6) is 0 Å². The number of nitrogens with two attached hydrogens (primary N) is 1. The normalized spacial score (nSPS) is 12.3. The van der Waals surface area contributed by atoms with Gasteiger partial charge in [-0.1, -0.05) is 42.5 Å². The minimum atomic E-state index is -0.611. The Hall–Kier alpha value is -3.30. The molecule has 0 saturated heterocycles. The van der Waals surface area contributed by atoms with Crippen molar-refractivity contribution >= 4 is 23.3 Å². The smallest absolute Gasteiger partial charge is 0.408 e. The molecule has 9 heteroatoms. The molecule has 2 heterocycles. The summed E-state index contributed by atoms with van der Waals surface area (Å²) in [5.41, 5.74) is 8.70. The lowest BCUT2D eigenvalue weighted by Crippen LogP contribution is -2.34. The minimum Gasteiger partial charge on any atom is -0.444 e. The van der Waals surface area contributed by atoms with Gasteiger partial charge in [0.05, 0.1) is 18.9 Å². The van der Waals surface area contributed by atoms with Crippen molar-refractivity contribution in [2.75, 3.05) is 0 Å². The molecule has 0 fully saturated rings. The summed E-state index contributed by atoms with van der Waals surface area (Å²) in [6.07, 6.45) is -0.558. The van der Waals surface area contributed by atoms with Crippen LogP contribution in [0.3, 0.4) is 0 Å². The first-order valence-electron chi connectivity index (χ1n) is 10.9. The first kappa shape index (κ1) is 25.3. The molecule has 0 aliphatic rings. The van der Waals surface area contributed by atoms with Crippen LogP contribution >= 0.6 is 12.2 Å². The Morgan fingerprint density at radius 3 is 2.47 bits per heavy atom. The number of nitrogens with one attached hydrogen (secondary N) is 1. The predicted molar refractivity (Wildman–Crippen MR) is 133 cm³/mol. The van der Waals surface area contributed by atoms with Gasteiger partial charge in [0, 0.05) is 5.56 Å². The maximum atomic E-state index is 12.1. The number of aryl methyl sites for hydroxylation is 1. The van der Waals surface area contributed by atoms with Gasteiger partial charge in [0.1, 0.15) is 33.8 Å². The van der Waals surface area contributed by atoms with Crippen molar-refractivity contribution in [1.29, 1.82) is 0 Å². The minimum absolute atomic E-state index is 0.197. The number of thiocarbonyl (C=S) groups is 1. The number of amides is 1. The standard InChI is InChI=1S/C25H30N4O4S/c1-15(27-24(30)33-25(3,4)5)23-29-20(16(2)32-23)21-19(22(26)34)12-11-18(28-21)14-31-13-17-9-7-6-8-10-17/h6-12,15H,13-14H2,1-5H3,(H2,26,34)(H,27,30)/t15-/m0/s1. The average molecular weight is 483 g/mol. The maximum Gasteiger partial charge on any atom is 0.408 e. The lowest BCUT2D eigenvalue weighted by atomic mass is 10.1. The summed E-state index contributed by atoms with van der Waals surface area (Å²) in [5.74, 6) is 0.847.